The zero-order chi connectivity index (χ0) is 19.1. The summed E-state index contributed by atoms with van der Waals surface area (Å²) in [5, 5.41) is 3.02. The molecule has 1 fully saturated rings. The van der Waals surface area contributed by atoms with Crippen molar-refractivity contribution >= 4 is 11.7 Å². The molecule has 2 aromatic carbocycles. The van der Waals surface area contributed by atoms with E-state index in [9.17, 15) is 4.79 Å². The Morgan fingerprint density at radius 1 is 1.15 bits per heavy atom. The fourth-order valence-electron chi connectivity index (χ4n) is 2.66. The summed E-state index contributed by atoms with van der Waals surface area (Å²) in [6.45, 7) is 1.50. The van der Waals surface area contributed by atoms with Crippen LogP contribution in [0.2, 0.25) is 0 Å². The minimum absolute atomic E-state index is 0.405. The van der Waals surface area contributed by atoms with Crippen LogP contribution in [0.5, 0.6) is 17.2 Å². The maximum Gasteiger partial charge on any atom is 0.343 e. The van der Waals surface area contributed by atoms with Gasteiger partial charge in [-0.2, -0.15) is 0 Å². The first kappa shape index (κ1) is 19.0. The number of hydrogen-bond acceptors (Lipinski definition) is 6. The Balaban J connectivity index is 1.55. The summed E-state index contributed by atoms with van der Waals surface area (Å²) in [4.78, 5) is 12.4. The molecule has 6 heteroatoms. The molecule has 1 heterocycles. The minimum atomic E-state index is -0.443. The standard InChI is InChI=1S/C21H25NO5/c1-22-16-7-9-17(10-8-16)27-21(23)15-6-11-19(20(13-15)24-2)25-12-4-3-5-18-14-26-18/h6-11,13,18,22H,3-5,12,14H2,1-2H3. The van der Waals surface area contributed by atoms with Gasteiger partial charge in [-0.25, -0.2) is 4.79 Å². The second kappa shape index (κ2) is 9.28. The first-order valence-corrected chi connectivity index (χ1v) is 9.12. The van der Waals surface area contributed by atoms with Gasteiger partial charge in [0.15, 0.2) is 11.5 Å². The number of nitrogens with one attached hydrogen (secondary N) is 1. The SMILES string of the molecule is CNc1ccc(OC(=O)c2ccc(OCCCCC3CO3)c(OC)c2)cc1. The van der Waals surface area contributed by atoms with Crippen LogP contribution in [0.3, 0.4) is 0 Å². The lowest BCUT2D eigenvalue weighted by Crippen LogP contribution is -2.09. The first-order valence-electron chi connectivity index (χ1n) is 9.12. The van der Waals surface area contributed by atoms with Crippen LogP contribution in [0.25, 0.3) is 0 Å². The highest BCUT2D eigenvalue weighted by Crippen LogP contribution is 2.29. The third-order valence-electron chi connectivity index (χ3n) is 4.33. The van der Waals surface area contributed by atoms with Gasteiger partial charge in [-0.1, -0.05) is 0 Å². The third kappa shape index (κ3) is 5.62. The first-order chi connectivity index (χ1) is 13.2. The molecule has 1 unspecified atom stereocenters. The van der Waals surface area contributed by atoms with Crippen LogP contribution in [-0.2, 0) is 4.74 Å². The molecule has 1 N–H and O–H groups in total. The zero-order valence-electron chi connectivity index (χ0n) is 15.7. The smallest absolute Gasteiger partial charge is 0.343 e. The van der Waals surface area contributed by atoms with Crippen LogP contribution >= 0.6 is 0 Å². The molecule has 0 radical (unpaired) electrons. The summed E-state index contributed by atoms with van der Waals surface area (Å²) in [6.07, 6.45) is 3.57. The lowest BCUT2D eigenvalue weighted by molar-refractivity contribution is 0.0734. The second-order valence-electron chi connectivity index (χ2n) is 6.33. The maximum absolute atomic E-state index is 12.4. The molecule has 0 saturated carbocycles. The van der Waals surface area contributed by atoms with Gasteiger partial charge in [-0.15, -0.1) is 0 Å². The fourth-order valence-corrected chi connectivity index (χ4v) is 2.66. The van der Waals surface area contributed by atoms with Gasteiger partial charge in [0.2, 0.25) is 0 Å². The maximum atomic E-state index is 12.4. The van der Waals surface area contributed by atoms with Crippen molar-refractivity contribution in [2.75, 3.05) is 32.7 Å². The molecule has 1 aliphatic heterocycles. The number of benzene rings is 2. The highest BCUT2D eigenvalue weighted by molar-refractivity contribution is 5.91. The summed E-state index contributed by atoms with van der Waals surface area (Å²) < 4.78 is 21.7. The number of carbonyl (C=O) groups excluding carboxylic acids is 1. The van der Waals surface area contributed by atoms with Crippen molar-refractivity contribution < 1.29 is 23.7 Å². The Hall–Kier alpha value is -2.73. The molecule has 0 spiro atoms. The van der Waals surface area contributed by atoms with Crippen LogP contribution in [-0.4, -0.2) is 39.4 Å². The Morgan fingerprint density at radius 3 is 2.59 bits per heavy atom. The van der Waals surface area contributed by atoms with Gasteiger partial charge in [0.25, 0.3) is 0 Å². The van der Waals surface area contributed by atoms with Crippen molar-refractivity contribution in [1.29, 1.82) is 0 Å². The molecule has 27 heavy (non-hydrogen) atoms. The van der Waals surface area contributed by atoms with Gasteiger partial charge in [-0.05, 0) is 61.7 Å². The molecule has 0 aliphatic carbocycles. The molecule has 0 amide bonds. The summed E-state index contributed by atoms with van der Waals surface area (Å²) in [6, 6.07) is 12.2. The summed E-state index contributed by atoms with van der Waals surface area (Å²) in [7, 11) is 3.39. The third-order valence-corrected chi connectivity index (χ3v) is 4.33. The second-order valence-corrected chi connectivity index (χ2v) is 6.33. The number of esters is 1. The average Bonchev–Trinajstić information content (AvgIpc) is 3.52. The van der Waals surface area contributed by atoms with Crippen LogP contribution in [0, 0.1) is 0 Å². The van der Waals surface area contributed by atoms with Crippen LogP contribution in [0.4, 0.5) is 5.69 Å². The van der Waals surface area contributed by atoms with Gasteiger partial charge in [-0.3, -0.25) is 0 Å². The molecular formula is C21H25NO5. The van der Waals surface area contributed by atoms with Gasteiger partial charge in [0.1, 0.15) is 5.75 Å². The molecule has 3 rings (SSSR count). The van der Waals surface area contributed by atoms with Crippen molar-refractivity contribution in [1.82, 2.24) is 0 Å². The van der Waals surface area contributed by atoms with Crippen molar-refractivity contribution in [3.8, 4) is 17.2 Å². The lowest BCUT2D eigenvalue weighted by Gasteiger charge is -2.12. The monoisotopic (exact) mass is 371 g/mol. The molecular weight excluding hydrogens is 346 g/mol. The number of rotatable bonds is 10. The predicted molar refractivity (Wildman–Crippen MR) is 103 cm³/mol. The van der Waals surface area contributed by atoms with Crippen LogP contribution in [0.1, 0.15) is 29.6 Å². The highest BCUT2D eigenvalue weighted by Gasteiger charge is 2.21. The Morgan fingerprint density at radius 2 is 1.93 bits per heavy atom. The predicted octanol–water partition coefficient (Wildman–Crippen LogP) is 3.90. The van der Waals surface area contributed by atoms with Gasteiger partial charge in [0, 0.05) is 12.7 Å². The van der Waals surface area contributed by atoms with E-state index in [1.807, 2.05) is 19.2 Å². The van der Waals surface area contributed by atoms with Crippen molar-refractivity contribution in [2.24, 2.45) is 0 Å². The zero-order valence-corrected chi connectivity index (χ0v) is 15.7. The molecule has 2 aromatic rings. The minimum Gasteiger partial charge on any atom is -0.493 e. The number of anilines is 1. The summed E-state index contributed by atoms with van der Waals surface area (Å²) in [5.74, 6) is 1.18. The summed E-state index contributed by atoms with van der Waals surface area (Å²) >= 11 is 0. The Bertz CT molecular complexity index is 756. The van der Waals surface area contributed by atoms with E-state index in [4.69, 9.17) is 18.9 Å². The normalized spacial score (nSPS) is 15.1. The summed E-state index contributed by atoms with van der Waals surface area (Å²) in [5.41, 5.74) is 1.35. The Kier molecular flexibility index (Phi) is 6.54. The number of ether oxygens (including phenoxy) is 4. The number of methoxy groups -OCH3 is 1. The Labute approximate surface area is 159 Å². The van der Waals surface area contributed by atoms with E-state index in [1.165, 1.54) is 0 Å². The number of carbonyl (C=O) groups is 1. The van der Waals surface area contributed by atoms with E-state index < -0.39 is 5.97 Å². The molecule has 144 valence electrons. The topological polar surface area (TPSA) is 69.3 Å². The van der Waals surface area contributed by atoms with Gasteiger partial charge in [0.05, 0.1) is 32.0 Å². The molecule has 1 atom stereocenters. The van der Waals surface area contributed by atoms with E-state index in [2.05, 4.69) is 5.32 Å². The van der Waals surface area contributed by atoms with E-state index in [1.54, 1.807) is 37.4 Å². The van der Waals surface area contributed by atoms with Crippen molar-refractivity contribution in [2.45, 2.75) is 25.4 Å². The molecule has 1 saturated heterocycles. The van der Waals surface area contributed by atoms with E-state index in [-0.39, 0.29) is 0 Å². The molecule has 1 aliphatic rings. The largest absolute Gasteiger partial charge is 0.493 e. The molecule has 6 nitrogen and oxygen atoms in total. The molecule has 0 bridgehead atoms. The van der Waals surface area contributed by atoms with E-state index in [0.29, 0.717) is 35.5 Å². The van der Waals surface area contributed by atoms with Crippen LogP contribution in [0.15, 0.2) is 42.5 Å². The van der Waals surface area contributed by atoms with Crippen molar-refractivity contribution in [3.63, 3.8) is 0 Å². The fraction of sp³-hybridized carbons (Fsp3) is 0.381. The van der Waals surface area contributed by atoms with Gasteiger partial charge >= 0.3 is 5.97 Å². The highest BCUT2D eigenvalue weighted by atomic mass is 16.6. The molecule has 0 aromatic heterocycles. The lowest BCUT2D eigenvalue weighted by atomic mass is 10.2. The number of epoxide rings is 1. The van der Waals surface area contributed by atoms with Crippen LogP contribution < -0.4 is 19.5 Å². The average molecular weight is 371 g/mol. The number of unbranched alkanes of at least 4 members (excludes halogenated alkanes) is 1. The van der Waals surface area contributed by atoms with Crippen molar-refractivity contribution in [3.05, 3.63) is 48.0 Å². The van der Waals surface area contributed by atoms with E-state index in [0.717, 1.165) is 31.6 Å². The number of hydrogen-bond donors (Lipinski definition) is 1. The van der Waals surface area contributed by atoms with Gasteiger partial charge < -0.3 is 24.3 Å². The van der Waals surface area contributed by atoms with E-state index >= 15 is 0 Å². The quantitative estimate of drug-likeness (QED) is 0.296.